The van der Waals surface area contributed by atoms with Gasteiger partial charge in [-0.3, -0.25) is 4.79 Å². The molecule has 0 aliphatic carbocycles. The van der Waals surface area contributed by atoms with E-state index in [0.717, 1.165) is 12.8 Å². The summed E-state index contributed by atoms with van der Waals surface area (Å²) in [4.78, 5) is 11.8. The molecule has 1 aromatic rings. The molecule has 3 N–H and O–H groups in total. The third-order valence-electron chi connectivity index (χ3n) is 2.92. The second kappa shape index (κ2) is 5.37. The van der Waals surface area contributed by atoms with E-state index in [1.807, 2.05) is 13.8 Å². The molecule has 0 saturated carbocycles. The highest BCUT2D eigenvalue weighted by atomic mass is 35.5. The van der Waals surface area contributed by atoms with E-state index >= 15 is 0 Å². The van der Waals surface area contributed by atoms with Crippen LogP contribution in [0.15, 0.2) is 16.5 Å². The topological polar surface area (TPSA) is 68.3 Å². The van der Waals surface area contributed by atoms with Crippen LogP contribution >= 0.6 is 11.6 Å². The van der Waals surface area contributed by atoms with Crippen LogP contribution < -0.4 is 11.1 Å². The number of carbonyl (C=O) groups excluding carboxylic acids is 1. The van der Waals surface area contributed by atoms with Crippen LogP contribution in [-0.4, -0.2) is 18.0 Å². The Morgan fingerprint density at radius 1 is 1.50 bits per heavy atom. The van der Waals surface area contributed by atoms with Crippen molar-refractivity contribution < 1.29 is 9.21 Å². The van der Waals surface area contributed by atoms with Gasteiger partial charge in [-0.1, -0.05) is 13.8 Å². The van der Waals surface area contributed by atoms with E-state index in [1.165, 1.54) is 0 Å². The van der Waals surface area contributed by atoms with E-state index < -0.39 is 0 Å². The summed E-state index contributed by atoms with van der Waals surface area (Å²) in [6, 6.07) is 3.09. The molecule has 1 heterocycles. The Morgan fingerprint density at radius 2 is 2.12 bits per heavy atom. The first-order valence-electron chi connectivity index (χ1n) is 5.35. The molecule has 1 amide bonds. The van der Waals surface area contributed by atoms with Crippen molar-refractivity contribution >= 4 is 17.5 Å². The Bertz CT molecular complexity index is 350. The first-order valence-corrected chi connectivity index (χ1v) is 5.72. The lowest BCUT2D eigenvalue weighted by Crippen LogP contribution is -2.52. The SMILES string of the molecule is CCC(CC)(CN)NC(=O)c1ccc(Cl)o1. The van der Waals surface area contributed by atoms with Crippen molar-refractivity contribution in [1.29, 1.82) is 0 Å². The average Bonchev–Trinajstić information content (AvgIpc) is 2.73. The number of amides is 1. The number of furan rings is 1. The highest BCUT2D eigenvalue weighted by molar-refractivity contribution is 6.29. The zero-order valence-corrected chi connectivity index (χ0v) is 10.3. The van der Waals surface area contributed by atoms with Crippen molar-refractivity contribution in [1.82, 2.24) is 5.32 Å². The van der Waals surface area contributed by atoms with Crippen LogP contribution in [0.4, 0.5) is 0 Å². The summed E-state index contributed by atoms with van der Waals surface area (Å²) in [6.45, 7) is 4.39. The van der Waals surface area contributed by atoms with Crippen LogP contribution in [0, 0.1) is 0 Å². The van der Waals surface area contributed by atoms with Gasteiger partial charge in [0.1, 0.15) is 0 Å². The zero-order valence-electron chi connectivity index (χ0n) is 9.55. The smallest absolute Gasteiger partial charge is 0.287 e. The highest BCUT2D eigenvalue weighted by Crippen LogP contribution is 2.17. The molecular formula is C11H17ClN2O2. The van der Waals surface area contributed by atoms with Gasteiger partial charge in [0.25, 0.3) is 5.91 Å². The number of carbonyl (C=O) groups is 1. The molecule has 0 radical (unpaired) electrons. The second-order valence-corrected chi connectivity index (χ2v) is 4.12. The Kier molecular flexibility index (Phi) is 4.38. The molecule has 0 saturated heterocycles. The van der Waals surface area contributed by atoms with E-state index in [4.69, 9.17) is 21.8 Å². The lowest BCUT2D eigenvalue weighted by molar-refractivity contribution is 0.0866. The van der Waals surface area contributed by atoms with Crippen LogP contribution in [0.2, 0.25) is 5.22 Å². The van der Waals surface area contributed by atoms with Gasteiger partial charge in [0.05, 0.1) is 5.54 Å². The Hall–Kier alpha value is -1.00. The Morgan fingerprint density at radius 3 is 2.50 bits per heavy atom. The number of rotatable bonds is 5. The summed E-state index contributed by atoms with van der Waals surface area (Å²) < 4.78 is 5.04. The van der Waals surface area contributed by atoms with Gasteiger partial charge in [0, 0.05) is 6.54 Å². The molecule has 16 heavy (non-hydrogen) atoms. The van der Waals surface area contributed by atoms with Gasteiger partial charge in [0.2, 0.25) is 0 Å². The van der Waals surface area contributed by atoms with E-state index in [2.05, 4.69) is 5.32 Å². The van der Waals surface area contributed by atoms with Gasteiger partial charge in [-0.2, -0.15) is 0 Å². The van der Waals surface area contributed by atoms with Crippen LogP contribution in [0.5, 0.6) is 0 Å². The molecule has 0 atom stereocenters. The molecule has 1 rings (SSSR count). The normalized spacial score (nSPS) is 11.5. The number of nitrogens with two attached hydrogens (primary N) is 1. The van der Waals surface area contributed by atoms with E-state index in [0.29, 0.717) is 6.54 Å². The first-order chi connectivity index (χ1) is 7.56. The predicted molar refractivity (Wildman–Crippen MR) is 63.6 cm³/mol. The van der Waals surface area contributed by atoms with Crippen molar-refractivity contribution in [2.24, 2.45) is 5.73 Å². The molecular weight excluding hydrogens is 228 g/mol. The van der Waals surface area contributed by atoms with Crippen LogP contribution in [0.1, 0.15) is 37.2 Å². The monoisotopic (exact) mass is 244 g/mol. The van der Waals surface area contributed by atoms with E-state index in [1.54, 1.807) is 12.1 Å². The number of nitrogens with one attached hydrogen (secondary N) is 1. The number of hydrogen-bond donors (Lipinski definition) is 2. The highest BCUT2D eigenvalue weighted by Gasteiger charge is 2.27. The molecule has 5 heteroatoms. The number of hydrogen-bond acceptors (Lipinski definition) is 3. The predicted octanol–water partition coefficient (Wildman–Crippen LogP) is 2.18. The summed E-state index contributed by atoms with van der Waals surface area (Å²) in [6.07, 6.45) is 1.56. The van der Waals surface area contributed by atoms with Crippen molar-refractivity contribution in [3.05, 3.63) is 23.1 Å². The Balaban J connectivity index is 2.76. The number of halogens is 1. The van der Waals surface area contributed by atoms with Crippen molar-refractivity contribution in [2.75, 3.05) is 6.54 Å². The van der Waals surface area contributed by atoms with Gasteiger partial charge in [-0.15, -0.1) is 0 Å². The van der Waals surface area contributed by atoms with Gasteiger partial charge < -0.3 is 15.5 Å². The summed E-state index contributed by atoms with van der Waals surface area (Å²) in [5, 5.41) is 3.10. The van der Waals surface area contributed by atoms with Crippen molar-refractivity contribution in [3.63, 3.8) is 0 Å². The molecule has 0 bridgehead atoms. The molecule has 1 aromatic heterocycles. The summed E-state index contributed by atoms with van der Waals surface area (Å²) in [5.41, 5.74) is 5.32. The van der Waals surface area contributed by atoms with Gasteiger partial charge in [-0.25, -0.2) is 0 Å². The molecule has 0 aromatic carbocycles. The van der Waals surface area contributed by atoms with Gasteiger partial charge >= 0.3 is 0 Å². The van der Waals surface area contributed by atoms with E-state index in [9.17, 15) is 4.79 Å². The van der Waals surface area contributed by atoms with Crippen LogP contribution in [-0.2, 0) is 0 Å². The summed E-state index contributed by atoms with van der Waals surface area (Å²) in [7, 11) is 0. The molecule has 4 nitrogen and oxygen atoms in total. The minimum atomic E-state index is -0.365. The molecule has 0 aliphatic heterocycles. The fourth-order valence-electron chi connectivity index (χ4n) is 1.51. The van der Waals surface area contributed by atoms with Crippen molar-refractivity contribution in [3.8, 4) is 0 Å². The minimum Gasteiger partial charge on any atom is -0.440 e. The largest absolute Gasteiger partial charge is 0.440 e. The maximum absolute atomic E-state index is 11.8. The summed E-state index contributed by atoms with van der Waals surface area (Å²) >= 11 is 5.61. The van der Waals surface area contributed by atoms with E-state index in [-0.39, 0.29) is 22.4 Å². The molecule has 0 spiro atoms. The zero-order chi connectivity index (χ0) is 12.2. The molecule has 90 valence electrons. The van der Waals surface area contributed by atoms with Gasteiger partial charge in [0.15, 0.2) is 11.0 Å². The lowest BCUT2D eigenvalue weighted by Gasteiger charge is -2.30. The van der Waals surface area contributed by atoms with Gasteiger partial charge in [-0.05, 0) is 36.6 Å². The third kappa shape index (κ3) is 2.77. The molecule has 0 unspecified atom stereocenters. The Labute approximate surface area is 100 Å². The molecule has 0 fully saturated rings. The van der Waals surface area contributed by atoms with Crippen LogP contribution in [0.25, 0.3) is 0 Å². The fourth-order valence-corrected chi connectivity index (χ4v) is 1.65. The maximum atomic E-state index is 11.8. The maximum Gasteiger partial charge on any atom is 0.287 e. The quantitative estimate of drug-likeness (QED) is 0.834. The van der Waals surface area contributed by atoms with Crippen molar-refractivity contribution in [2.45, 2.75) is 32.2 Å². The van der Waals surface area contributed by atoms with Crippen LogP contribution in [0.3, 0.4) is 0 Å². The first kappa shape index (κ1) is 13.1. The lowest BCUT2D eigenvalue weighted by atomic mass is 9.93. The minimum absolute atomic E-state index is 0.205. The third-order valence-corrected chi connectivity index (χ3v) is 3.12. The molecule has 0 aliphatic rings. The fraction of sp³-hybridized carbons (Fsp3) is 0.545. The second-order valence-electron chi connectivity index (χ2n) is 3.75. The summed E-state index contributed by atoms with van der Waals surface area (Å²) in [5.74, 6) is -0.0641. The standard InChI is InChI=1S/C11H17ClN2O2/c1-3-11(4-2,7-13)14-10(15)8-5-6-9(12)16-8/h5-6H,3-4,7,13H2,1-2H3,(H,14,15). The average molecular weight is 245 g/mol.